The molecule has 0 aliphatic heterocycles. The maximum atomic E-state index is 11.6. The summed E-state index contributed by atoms with van der Waals surface area (Å²) in [6, 6.07) is 6.40. The molecule has 6 nitrogen and oxygen atoms in total. The molecular formula is C12H12NO5S-. The predicted octanol–water partition coefficient (Wildman–Crippen LogP) is -0.105. The number of nitrogens with one attached hydrogen (secondary N) is 1. The van der Waals surface area contributed by atoms with Crippen LogP contribution < -0.4 is 10.4 Å². The van der Waals surface area contributed by atoms with E-state index in [0.29, 0.717) is 5.69 Å². The number of rotatable bonds is 6. The van der Waals surface area contributed by atoms with Crippen LogP contribution in [0.2, 0.25) is 0 Å². The van der Waals surface area contributed by atoms with Crippen molar-refractivity contribution in [3.63, 3.8) is 0 Å². The Morgan fingerprint density at radius 1 is 1.26 bits per heavy atom. The van der Waals surface area contributed by atoms with Crippen LogP contribution in [-0.2, 0) is 14.3 Å². The first kappa shape index (κ1) is 15.0. The van der Waals surface area contributed by atoms with E-state index in [0.717, 1.165) is 11.8 Å². The van der Waals surface area contributed by atoms with Crippen molar-refractivity contribution < 1.29 is 24.2 Å². The van der Waals surface area contributed by atoms with Crippen molar-refractivity contribution in [3.8, 4) is 0 Å². The molecule has 1 aromatic rings. The normalized spacial score (nSPS) is 9.74. The number of aliphatic carboxylic acids is 1. The number of carbonyl (C=O) groups excluding carboxylic acids is 3. The third-order valence-corrected chi connectivity index (χ3v) is 2.97. The molecule has 1 rings (SSSR count). The highest BCUT2D eigenvalue weighted by molar-refractivity contribution is 8.00. The average Bonchev–Trinajstić information content (AvgIpc) is 2.38. The Bertz CT molecular complexity index is 489. The van der Waals surface area contributed by atoms with E-state index in [1.807, 2.05) is 0 Å². The quantitative estimate of drug-likeness (QED) is 0.732. The van der Waals surface area contributed by atoms with Gasteiger partial charge in [0, 0.05) is 5.75 Å². The molecule has 0 spiro atoms. The Labute approximate surface area is 114 Å². The van der Waals surface area contributed by atoms with Crippen molar-refractivity contribution in [3.05, 3.63) is 29.8 Å². The van der Waals surface area contributed by atoms with Gasteiger partial charge in [-0.05, 0) is 12.1 Å². The van der Waals surface area contributed by atoms with Crippen LogP contribution in [0.1, 0.15) is 10.4 Å². The monoisotopic (exact) mass is 282 g/mol. The number of anilines is 1. The second-order valence-corrected chi connectivity index (χ2v) is 4.44. The van der Waals surface area contributed by atoms with Crippen LogP contribution in [0.15, 0.2) is 24.3 Å². The fraction of sp³-hybridized carbons (Fsp3) is 0.250. The van der Waals surface area contributed by atoms with Gasteiger partial charge in [0.1, 0.15) is 0 Å². The Kier molecular flexibility index (Phi) is 5.87. The van der Waals surface area contributed by atoms with E-state index in [9.17, 15) is 19.5 Å². The van der Waals surface area contributed by atoms with Crippen LogP contribution in [0.3, 0.4) is 0 Å². The molecule has 1 amide bonds. The van der Waals surface area contributed by atoms with Gasteiger partial charge in [0.05, 0.1) is 30.1 Å². The summed E-state index contributed by atoms with van der Waals surface area (Å²) in [5.74, 6) is -2.48. The summed E-state index contributed by atoms with van der Waals surface area (Å²) in [7, 11) is 1.25. The van der Waals surface area contributed by atoms with E-state index >= 15 is 0 Å². The van der Waals surface area contributed by atoms with Gasteiger partial charge in [-0.25, -0.2) is 4.79 Å². The van der Waals surface area contributed by atoms with Crippen molar-refractivity contribution in [2.45, 2.75) is 0 Å². The van der Waals surface area contributed by atoms with E-state index in [-0.39, 0.29) is 17.1 Å². The highest BCUT2D eigenvalue weighted by Gasteiger charge is 2.12. The molecule has 0 heterocycles. The van der Waals surface area contributed by atoms with E-state index < -0.39 is 17.8 Å². The van der Waals surface area contributed by atoms with Crippen molar-refractivity contribution in [2.24, 2.45) is 0 Å². The number of esters is 1. The second-order valence-electron chi connectivity index (χ2n) is 3.45. The average molecular weight is 282 g/mol. The molecule has 19 heavy (non-hydrogen) atoms. The molecule has 102 valence electrons. The topological polar surface area (TPSA) is 95.5 Å². The minimum atomic E-state index is -1.23. The Morgan fingerprint density at radius 3 is 2.58 bits per heavy atom. The number of amides is 1. The molecule has 0 radical (unpaired) electrons. The zero-order valence-corrected chi connectivity index (χ0v) is 11.0. The van der Waals surface area contributed by atoms with Crippen LogP contribution in [0.25, 0.3) is 0 Å². The number of thioether (sulfide) groups is 1. The van der Waals surface area contributed by atoms with Crippen LogP contribution >= 0.6 is 11.8 Å². The summed E-state index contributed by atoms with van der Waals surface area (Å²) in [6.07, 6.45) is 0. The van der Waals surface area contributed by atoms with Crippen LogP contribution in [0.5, 0.6) is 0 Å². The van der Waals surface area contributed by atoms with Gasteiger partial charge >= 0.3 is 5.97 Å². The molecule has 0 unspecified atom stereocenters. The smallest absolute Gasteiger partial charge is 0.339 e. The summed E-state index contributed by atoms with van der Waals surface area (Å²) in [5, 5.41) is 12.7. The van der Waals surface area contributed by atoms with Gasteiger partial charge in [0.2, 0.25) is 5.91 Å². The maximum Gasteiger partial charge on any atom is 0.339 e. The van der Waals surface area contributed by atoms with Gasteiger partial charge in [0.25, 0.3) is 0 Å². The molecular weight excluding hydrogens is 270 g/mol. The summed E-state index contributed by atoms with van der Waals surface area (Å²) in [6.45, 7) is 0. The number of hydrogen-bond donors (Lipinski definition) is 1. The van der Waals surface area contributed by atoms with Gasteiger partial charge in [-0.15, -0.1) is 11.8 Å². The fourth-order valence-corrected chi connectivity index (χ4v) is 1.82. The van der Waals surface area contributed by atoms with E-state index in [1.54, 1.807) is 18.2 Å². The zero-order valence-electron chi connectivity index (χ0n) is 10.2. The second kappa shape index (κ2) is 7.42. The Balaban J connectivity index is 2.64. The minimum Gasteiger partial charge on any atom is -0.549 e. The molecule has 0 fully saturated rings. The Hall–Kier alpha value is -2.02. The fourth-order valence-electron chi connectivity index (χ4n) is 1.29. The van der Waals surface area contributed by atoms with E-state index in [1.165, 1.54) is 13.2 Å². The highest BCUT2D eigenvalue weighted by Crippen LogP contribution is 2.16. The molecule has 0 atom stereocenters. The number of methoxy groups -OCH3 is 1. The first-order valence-electron chi connectivity index (χ1n) is 5.29. The van der Waals surface area contributed by atoms with Gasteiger partial charge in [0.15, 0.2) is 0 Å². The number of benzene rings is 1. The number of carbonyl (C=O) groups is 3. The highest BCUT2D eigenvalue weighted by atomic mass is 32.2. The largest absolute Gasteiger partial charge is 0.549 e. The van der Waals surface area contributed by atoms with Crippen molar-refractivity contribution in [1.82, 2.24) is 0 Å². The SMILES string of the molecule is COC(=O)c1ccccc1NC(=O)CSCC(=O)[O-]. The molecule has 0 aliphatic rings. The number of ether oxygens (including phenoxy) is 1. The molecule has 0 aliphatic carbocycles. The van der Waals surface area contributed by atoms with Gasteiger partial charge in [-0.3, -0.25) is 4.79 Å². The minimum absolute atomic E-state index is 0.0382. The standard InChI is InChI=1S/C12H13NO5S/c1-18-12(17)8-4-2-3-5-9(8)13-10(14)6-19-7-11(15)16/h2-5H,6-7H2,1H3,(H,13,14)(H,15,16)/p-1. The van der Waals surface area contributed by atoms with Gasteiger partial charge in [-0.1, -0.05) is 12.1 Å². The number of carboxylic acid groups (broad SMARTS) is 1. The lowest BCUT2D eigenvalue weighted by atomic mass is 10.2. The summed E-state index contributed by atoms with van der Waals surface area (Å²) in [4.78, 5) is 33.2. The van der Waals surface area contributed by atoms with E-state index in [2.05, 4.69) is 10.1 Å². The zero-order chi connectivity index (χ0) is 14.3. The summed E-state index contributed by atoms with van der Waals surface area (Å²) < 4.78 is 4.59. The van der Waals surface area contributed by atoms with Gasteiger partial charge < -0.3 is 20.0 Å². The summed E-state index contributed by atoms with van der Waals surface area (Å²) in [5.41, 5.74) is 0.566. The first-order chi connectivity index (χ1) is 9.04. The number of para-hydroxylation sites is 1. The molecule has 0 aromatic heterocycles. The van der Waals surface area contributed by atoms with Crippen LogP contribution in [0.4, 0.5) is 5.69 Å². The lowest BCUT2D eigenvalue weighted by molar-refractivity contribution is -0.301. The molecule has 1 N–H and O–H groups in total. The molecule has 0 saturated heterocycles. The number of hydrogen-bond acceptors (Lipinski definition) is 6. The molecule has 0 saturated carbocycles. The van der Waals surface area contributed by atoms with E-state index in [4.69, 9.17) is 0 Å². The predicted molar refractivity (Wildman–Crippen MR) is 68.7 cm³/mol. The molecule has 7 heteroatoms. The van der Waals surface area contributed by atoms with Gasteiger partial charge in [-0.2, -0.15) is 0 Å². The molecule has 0 bridgehead atoms. The third kappa shape index (κ3) is 5.01. The lowest BCUT2D eigenvalue weighted by Crippen LogP contribution is -2.25. The van der Waals surface area contributed by atoms with Crippen LogP contribution in [0, 0.1) is 0 Å². The first-order valence-corrected chi connectivity index (χ1v) is 6.45. The third-order valence-electron chi connectivity index (χ3n) is 2.06. The Morgan fingerprint density at radius 2 is 1.95 bits per heavy atom. The van der Waals surface area contributed by atoms with Crippen molar-refractivity contribution in [1.29, 1.82) is 0 Å². The lowest BCUT2D eigenvalue weighted by Gasteiger charge is -2.09. The maximum absolute atomic E-state index is 11.6. The number of carboxylic acids is 1. The summed E-state index contributed by atoms with van der Waals surface area (Å²) >= 11 is 0.918. The molecule has 1 aromatic carbocycles. The van der Waals surface area contributed by atoms with Crippen molar-refractivity contribution >= 4 is 35.3 Å². The van der Waals surface area contributed by atoms with Crippen LogP contribution in [-0.4, -0.2) is 36.5 Å². The van der Waals surface area contributed by atoms with Crippen molar-refractivity contribution in [2.75, 3.05) is 23.9 Å².